The fraction of sp³-hybridized carbons (Fsp3) is 0.385. The highest BCUT2D eigenvalue weighted by Crippen LogP contribution is 2.27. The molecular weight excluding hydrogens is 216 g/mol. The first-order chi connectivity index (χ1) is 8.16. The smallest absolute Gasteiger partial charge is 0.180 e. The average Bonchev–Trinajstić information content (AvgIpc) is 2.82. The van der Waals surface area contributed by atoms with Crippen LogP contribution in [-0.4, -0.2) is 15.5 Å². The summed E-state index contributed by atoms with van der Waals surface area (Å²) in [7, 11) is 0. The average molecular weight is 230 g/mol. The van der Waals surface area contributed by atoms with Gasteiger partial charge in [0.05, 0.1) is 0 Å². The molecular formula is C13H14N2O2. The van der Waals surface area contributed by atoms with Crippen LogP contribution in [-0.2, 0) is 6.42 Å². The van der Waals surface area contributed by atoms with E-state index in [1.807, 2.05) is 30.5 Å². The molecule has 0 aromatic carbocycles. The van der Waals surface area contributed by atoms with Crippen molar-refractivity contribution in [1.29, 1.82) is 0 Å². The van der Waals surface area contributed by atoms with Crippen LogP contribution in [0.25, 0.3) is 5.82 Å². The second kappa shape index (κ2) is 3.58. The first-order valence-corrected chi connectivity index (χ1v) is 5.85. The van der Waals surface area contributed by atoms with E-state index in [2.05, 4.69) is 5.16 Å². The second-order valence-electron chi connectivity index (χ2n) is 4.55. The minimum Gasteiger partial charge on any atom is -0.360 e. The van der Waals surface area contributed by atoms with E-state index < -0.39 is 0 Å². The largest absolute Gasteiger partial charge is 0.360 e. The molecule has 0 amide bonds. The molecule has 17 heavy (non-hydrogen) atoms. The number of carbonyl (C=O) groups excluding carboxylic acids is 1. The van der Waals surface area contributed by atoms with Crippen molar-refractivity contribution in [2.24, 2.45) is 0 Å². The Labute approximate surface area is 99.2 Å². The summed E-state index contributed by atoms with van der Waals surface area (Å²) >= 11 is 0. The van der Waals surface area contributed by atoms with E-state index in [0.29, 0.717) is 6.42 Å². The SMILES string of the molecule is Cc1cc(-n2c(C)cc3c2CCCC3=O)no1. The van der Waals surface area contributed by atoms with Crippen molar-refractivity contribution in [3.8, 4) is 5.82 Å². The lowest BCUT2D eigenvalue weighted by molar-refractivity contribution is 0.0972. The van der Waals surface area contributed by atoms with Crippen molar-refractivity contribution >= 4 is 5.78 Å². The Balaban J connectivity index is 2.20. The number of aromatic nitrogens is 2. The summed E-state index contributed by atoms with van der Waals surface area (Å²) in [5.41, 5.74) is 2.97. The van der Waals surface area contributed by atoms with Crippen molar-refractivity contribution in [2.75, 3.05) is 0 Å². The number of ketones is 1. The maximum Gasteiger partial charge on any atom is 0.180 e. The first-order valence-electron chi connectivity index (χ1n) is 5.85. The second-order valence-corrected chi connectivity index (χ2v) is 4.55. The number of nitrogens with zero attached hydrogens (tertiary/aromatic N) is 2. The van der Waals surface area contributed by atoms with Gasteiger partial charge in [0.15, 0.2) is 11.6 Å². The number of hydrogen-bond donors (Lipinski definition) is 0. The molecule has 2 heterocycles. The van der Waals surface area contributed by atoms with Gasteiger partial charge in [-0.2, -0.15) is 0 Å². The molecule has 0 unspecified atom stereocenters. The number of carbonyl (C=O) groups is 1. The van der Waals surface area contributed by atoms with Crippen LogP contribution in [0, 0.1) is 13.8 Å². The zero-order valence-corrected chi connectivity index (χ0v) is 9.99. The molecule has 0 fully saturated rings. The fourth-order valence-electron chi connectivity index (χ4n) is 2.51. The third kappa shape index (κ3) is 1.52. The fourth-order valence-corrected chi connectivity index (χ4v) is 2.51. The van der Waals surface area contributed by atoms with Crippen LogP contribution >= 0.6 is 0 Å². The van der Waals surface area contributed by atoms with Gasteiger partial charge in [0.2, 0.25) is 0 Å². The Morgan fingerprint density at radius 1 is 1.29 bits per heavy atom. The van der Waals surface area contributed by atoms with Gasteiger partial charge in [-0.25, -0.2) is 0 Å². The van der Waals surface area contributed by atoms with Gasteiger partial charge in [-0.1, -0.05) is 5.16 Å². The summed E-state index contributed by atoms with van der Waals surface area (Å²) in [4.78, 5) is 11.8. The number of aryl methyl sites for hydroxylation is 2. The van der Waals surface area contributed by atoms with Crippen LogP contribution in [0.3, 0.4) is 0 Å². The van der Waals surface area contributed by atoms with Crippen LogP contribution < -0.4 is 0 Å². The molecule has 0 aliphatic heterocycles. The van der Waals surface area contributed by atoms with Crippen molar-refractivity contribution < 1.29 is 9.32 Å². The summed E-state index contributed by atoms with van der Waals surface area (Å²) < 4.78 is 7.14. The van der Waals surface area contributed by atoms with Crippen LogP contribution in [0.1, 0.15) is 40.3 Å². The molecule has 1 aliphatic carbocycles. The Kier molecular flexibility index (Phi) is 2.18. The molecule has 0 bridgehead atoms. The zero-order chi connectivity index (χ0) is 12.0. The van der Waals surface area contributed by atoms with Crippen molar-refractivity contribution in [1.82, 2.24) is 9.72 Å². The van der Waals surface area contributed by atoms with Gasteiger partial charge in [-0.15, -0.1) is 0 Å². The molecule has 2 aromatic rings. The van der Waals surface area contributed by atoms with Gasteiger partial charge in [0, 0.05) is 29.4 Å². The molecule has 0 saturated heterocycles. The minimum absolute atomic E-state index is 0.244. The third-order valence-corrected chi connectivity index (χ3v) is 3.25. The Morgan fingerprint density at radius 3 is 2.82 bits per heavy atom. The maximum atomic E-state index is 11.8. The summed E-state index contributed by atoms with van der Waals surface area (Å²) in [6.07, 6.45) is 2.52. The van der Waals surface area contributed by atoms with E-state index in [1.54, 1.807) is 0 Å². The third-order valence-electron chi connectivity index (χ3n) is 3.25. The number of fused-ring (bicyclic) bond motifs is 1. The number of Topliss-reactive ketones (excluding diaryl/α,β-unsaturated/α-hetero) is 1. The van der Waals surface area contributed by atoms with Crippen molar-refractivity contribution in [3.63, 3.8) is 0 Å². The van der Waals surface area contributed by atoms with Gasteiger partial charge >= 0.3 is 0 Å². The van der Waals surface area contributed by atoms with Crippen LogP contribution in [0.15, 0.2) is 16.7 Å². The highest BCUT2D eigenvalue weighted by atomic mass is 16.5. The monoisotopic (exact) mass is 230 g/mol. The van der Waals surface area contributed by atoms with E-state index in [1.165, 1.54) is 0 Å². The molecule has 4 heteroatoms. The van der Waals surface area contributed by atoms with E-state index in [4.69, 9.17) is 4.52 Å². The van der Waals surface area contributed by atoms with Gasteiger partial charge in [-0.05, 0) is 32.8 Å². The van der Waals surface area contributed by atoms with Crippen molar-refractivity contribution in [3.05, 3.63) is 34.8 Å². The molecule has 88 valence electrons. The molecule has 4 nitrogen and oxygen atoms in total. The minimum atomic E-state index is 0.244. The van der Waals surface area contributed by atoms with E-state index >= 15 is 0 Å². The summed E-state index contributed by atoms with van der Waals surface area (Å²) in [5.74, 6) is 1.80. The topological polar surface area (TPSA) is 48.0 Å². The standard InChI is InChI=1S/C13H14N2O2/c1-8-6-10-11(4-3-5-12(10)16)15(8)13-7-9(2)17-14-13/h6-7H,3-5H2,1-2H3. The summed E-state index contributed by atoms with van der Waals surface area (Å²) in [6.45, 7) is 3.86. The molecule has 1 aliphatic rings. The molecule has 2 aromatic heterocycles. The lowest BCUT2D eigenvalue weighted by atomic mass is 9.97. The van der Waals surface area contributed by atoms with Gasteiger partial charge in [-0.3, -0.25) is 9.36 Å². The Hall–Kier alpha value is -1.84. The predicted octanol–water partition coefficient (Wildman–Crippen LogP) is 2.60. The highest BCUT2D eigenvalue weighted by molar-refractivity contribution is 5.98. The van der Waals surface area contributed by atoms with E-state index in [9.17, 15) is 4.79 Å². The Bertz CT molecular complexity index is 593. The highest BCUT2D eigenvalue weighted by Gasteiger charge is 2.24. The Morgan fingerprint density at radius 2 is 2.12 bits per heavy atom. The summed E-state index contributed by atoms with van der Waals surface area (Å²) in [5, 5.41) is 4.03. The van der Waals surface area contributed by atoms with Gasteiger partial charge < -0.3 is 4.52 Å². The molecule has 0 spiro atoms. The molecule has 0 radical (unpaired) electrons. The quantitative estimate of drug-likeness (QED) is 0.756. The summed E-state index contributed by atoms with van der Waals surface area (Å²) in [6, 6.07) is 3.85. The van der Waals surface area contributed by atoms with Crippen molar-refractivity contribution in [2.45, 2.75) is 33.1 Å². The van der Waals surface area contributed by atoms with Gasteiger partial charge in [0.1, 0.15) is 5.76 Å². The molecule has 3 rings (SSSR count). The molecule has 0 saturated carbocycles. The van der Waals surface area contributed by atoms with Gasteiger partial charge in [0.25, 0.3) is 0 Å². The normalized spacial score (nSPS) is 15.1. The predicted molar refractivity (Wildman–Crippen MR) is 62.6 cm³/mol. The lowest BCUT2D eigenvalue weighted by Gasteiger charge is -2.13. The molecule has 0 atom stereocenters. The van der Waals surface area contributed by atoms with Crippen LogP contribution in [0.4, 0.5) is 0 Å². The number of rotatable bonds is 1. The van der Waals surface area contributed by atoms with Crippen LogP contribution in [0.5, 0.6) is 0 Å². The lowest BCUT2D eigenvalue weighted by Crippen LogP contribution is -2.12. The zero-order valence-electron chi connectivity index (χ0n) is 9.99. The molecule has 0 N–H and O–H groups in total. The number of hydrogen-bond acceptors (Lipinski definition) is 3. The van der Waals surface area contributed by atoms with E-state index in [-0.39, 0.29) is 5.78 Å². The maximum absolute atomic E-state index is 11.8. The first kappa shape index (κ1) is 10.3. The van der Waals surface area contributed by atoms with E-state index in [0.717, 1.165) is 41.4 Å². The van der Waals surface area contributed by atoms with Crippen LogP contribution in [0.2, 0.25) is 0 Å².